The van der Waals surface area contributed by atoms with Gasteiger partial charge < -0.3 is 0 Å². The van der Waals surface area contributed by atoms with Crippen molar-refractivity contribution in [1.29, 1.82) is 0 Å². The molecule has 5 rings (SSSR count). The SMILES string of the molecule is C(#CP(C#CP(c1ccccc1)c1ccccc1)C#CP(c1ccccc1)c1ccccc1)C1C=CC=C1. The summed E-state index contributed by atoms with van der Waals surface area (Å²) < 4.78 is 0. The molecule has 4 aromatic carbocycles. The third-order valence-corrected chi connectivity index (χ3v) is 11.0. The quantitative estimate of drug-likeness (QED) is 0.189. The van der Waals surface area contributed by atoms with Crippen molar-refractivity contribution < 1.29 is 0 Å². The minimum atomic E-state index is -1.12. The van der Waals surface area contributed by atoms with Gasteiger partial charge in [-0.2, -0.15) is 0 Å². The van der Waals surface area contributed by atoms with Crippen molar-refractivity contribution in [2.24, 2.45) is 5.92 Å². The molecule has 0 heterocycles. The van der Waals surface area contributed by atoms with Gasteiger partial charge in [0, 0.05) is 15.8 Å². The fraction of sp³-hybridized carbons (Fsp3) is 0.0286. The van der Waals surface area contributed by atoms with Gasteiger partial charge in [0.05, 0.1) is 5.92 Å². The van der Waals surface area contributed by atoms with Crippen LogP contribution in [0.5, 0.6) is 0 Å². The van der Waals surface area contributed by atoms with E-state index in [1.165, 1.54) is 21.2 Å². The molecular formula is C35H25P3. The van der Waals surface area contributed by atoms with Crippen molar-refractivity contribution in [2.75, 3.05) is 0 Å². The van der Waals surface area contributed by atoms with Crippen LogP contribution in [0.3, 0.4) is 0 Å². The Kier molecular flexibility index (Phi) is 9.39. The van der Waals surface area contributed by atoms with Crippen LogP contribution in [0.4, 0.5) is 0 Å². The van der Waals surface area contributed by atoms with Crippen LogP contribution < -0.4 is 21.2 Å². The average Bonchev–Trinajstić information content (AvgIpc) is 3.52. The molecule has 0 saturated heterocycles. The maximum absolute atomic E-state index is 3.64. The molecule has 0 bridgehead atoms. The first-order valence-electron chi connectivity index (χ1n) is 12.4. The van der Waals surface area contributed by atoms with E-state index >= 15 is 0 Å². The van der Waals surface area contributed by atoms with E-state index < -0.39 is 23.8 Å². The van der Waals surface area contributed by atoms with Crippen molar-refractivity contribution in [2.45, 2.75) is 0 Å². The Balaban J connectivity index is 1.54. The van der Waals surface area contributed by atoms with Crippen molar-refractivity contribution in [1.82, 2.24) is 0 Å². The second kappa shape index (κ2) is 13.8. The second-order valence-electron chi connectivity index (χ2n) is 8.35. The number of rotatable bonds is 4. The van der Waals surface area contributed by atoms with Crippen LogP contribution in [-0.2, 0) is 0 Å². The summed E-state index contributed by atoms with van der Waals surface area (Å²) in [5.74, 6) is 3.54. The lowest BCUT2D eigenvalue weighted by molar-refractivity contribution is 1.15. The summed E-state index contributed by atoms with van der Waals surface area (Å²) in [6, 6.07) is 42.3. The Morgan fingerprint density at radius 2 is 0.737 bits per heavy atom. The first-order chi connectivity index (χ1) is 18.9. The molecule has 1 aliphatic rings. The lowest BCUT2D eigenvalue weighted by Crippen LogP contribution is -2.09. The van der Waals surface area contributed by atoms with Crippen molar-refractivity contribution >= 4 is 45.0 Å². The third-order valence-electron chi connectivity index (χ3n) is 5.70. The van der Waals surface area contributed by atoms with Crippen LogP contribution in [-0.4, -0.2) is 0 Å². The number of hydrogen-bond donors (Lipinski definition) is 0. The molecule has 0 spiro atoms. The van der Waals surface area contributed by atoms with Gasteiger partial charge in [0.25, 0.3) is 0 Å². The maximum atomic E-state index is 3.64. The van der Waals surface area contributed by atoms with Gasteiger partial charge >= 0.3 is 0 Å². The standard InChI is InChI=1S/C35H25P3/c1-5-17-32(18-6-1)37(33-19-7-2-8-20-33)29-27-36(26-25-31-15-13-14-16-31)28-30-38(34-21-9-3-10-22-34)35-23-11-4-12-24-35/h1-24,31H. The van der Waals surface area contributed by atoms with Gasteiger partial charge in [0.1, 0.15) is 7.92 Å². The van der Waals surface area contributed by atoms with Gasteiger partial charge in [0.15, 0.2) is 0 Å². The average molecular weight is 539 g/mol. The van der Waals surface area contributed by atoms with E-state index in [0.717, 1.165) is 0 Å². The summed E-state index contributed by atoms with van der Waals surface area (Å²) in [5.41, 5.74) is 17.9. The molecule has 0 radical (unpaired) electrons. The predicted molar refractivity (Wildman–Crippen MR) is 170 cm³/mol. The van der Waals surface area contributed by atoms with E-state index in [1.807, 2.05) is 12.2 Å². The van der Waals surface area contributed by atoms with E-state index in [0.29, 0.717) is 0 Å². The lowest BCUT2D eigenvalue weighted by Gasteiger charge is -2.12. The largest absolute Gasteiger partial charge is 0.127 e. The van der Waals surface area contributed by atoms with Gasteiger partial charge in [0.2, 0.25) is 0 Å². The first kappa shape index (κ1) is 26.0. The van der Waals surface area contributed by atoms with Crippen molar-refractivity contribution in [3.63, 3.8) is 0 Å². The fourth-order valence-corrected chi connectivity index (χ4v) is 8.86. The summed E-state index contributed by atoms with van der Waals surface area (Å²) in [7, 11) is -2.76. The maximum Gasteiger partial charge on any atom is 0.127 e. The predicted octanol–water partition coefficient (Wildman–Crippen LogP) is 7.27. The highest BCUT2D eigenvalue weighted by Gasteiger charge is 2.13. The van der Waals surface area contributed by atoms with E-state index in [-0.39, 0.29) is 5.92 Å². The molecule has 0 amide bonds. The van der Waals surface area contributed by atoms with Crippen LogP contribution in [0.2, 0.25) is 0 Å². The van der Waals surface area contributed by atoms with Gasteiger partial charge in [-0.25, -0.2) is 0 Å². The Bertz CT molecular complexity index is 1380. The molecule has 38 heavy (non-hydrogen) atoms. The highest BCUT2D eigenvalue weighted by Crippen LogP contribution is 2.39. The van der Waals surface area contributed by atoms with Gasteiger partial charge in [-0.1, -0.05) is 163 Å². The molecule has 1 aliphatic carbocycles. The molecule has 0 nitrogen and oxygen atoms in total. The van der Waals surface area contributed by atoms with Crippen LogP contribution in [0.1, 0.15) is 0 Å². The summed E-state index contributed by atoms with van der Waals surface area (Å²) in [5, 5.41) is 4.98. The summed E-state index contributed by atoms with van der Waals surface area (Å²) in [6.07, 6.45) is 8.33. The Hall–Kier alpha value is -3.67. The van der Waals surface area contributed by atoms with Crippen molar-refractivity contribution in [3.05, 3.63) is 146 Å². The van der Waals surface area contributed by atoms with Gasteiger partial charge in [-0.3, -0.25) is 0 Å². The minimum Gasteiger partial charge on any atom is -0.0848 e. The minimum absolute atomic E-state index is 0.137. The second-order valence-corrected chi connectivity index (χ2v) is 13.5. The zero-order valence-electron chi connectivity index (χ0n) is 20.8. The molecule has 180 valence electrons. The Morgan fingerprint density at radius 3 is 1.08 bits per heavy atom. The third kappa shape index (κ3) is 7.21. The van der Waals surface area contributed by atoms with Gasteiger partial charge in [-0.15, -0.1) is 0 Å². The lowest BCUT2D eigenvalue weighted by atomic mass is 10.2. The monoisotopic (exact) mass is 538 g/mol. The van der Waals surface area contributed by atoms with Crippen LogP contribution in [0.15, 0.2) is 146 Å². The molecule has 4 aromatic rings. The topological polar surface area (TPSA) is 0 Å². The number of allylic oxidation sites excluding steroid dienone is 4. The summed E-state index contributed by atoms with van der Waals surface area (Å²) in [4.78, 5) is 0. The number of benzene rings is 4. The molecule has 0 aliphatic heterocycles. The molecule has 0 unspecified atom stereocenters. The normalized spacial score (nSPS) is 12.0. The molecule has 0 fully saturated rings. The van der Waals surface area contributed by atoms with Crippen LogP contribution in [0.25, 0.3) is 0 Å². The Labute approximate surface area is 230 Å². The van der Waals surface area contributed by atoms with Crippen molar-refractivity contribution in [3.8, 4) is 34.2 Å². The molecule has 0 aromatic heterocycles. The molecule has 0 N–H and O–H groups in total. The number of hydrogen-bond acceptors (Lipinski definition) is 0. The highest BCUT2D eigenvalue weighted by atomic mass is 31.1. The molecular weight excluding hydrogens is 513 g/mol. The molecule has 0 saturated carbocycles. The summed E-state index contributed by atoms with van der Waals surface area (Å²) in [6.45, 7) is 0. The van der Waals surface area contributed by atoms with Crippen LogP contribution >= 0.6 is 23.8 Å². The Morgan fingerprint density at radius 1 is 0.395 bits per heavy atom. The smallest absolute Gasteiger partial charge is 0.0848 e. The van der Waals surface area contributed by atoms with E-state index in [9.17, 15) is 0 Å². The zero-order valence-corrected chi connectivity index (χ0v) is 23.5. The van der Waals surface area contributed by atoms with Gasteiger partial charge in [-0.05, 0) is 38.2 Å². The zero-order chi connectivity index (χ0) is 25.8. The van der Waals surface area contributed by atoms with E-state index in [4.69, 9.17) is 0 Å². The molecule has 3 heteroatoms. The first-order valence-corrected chi connectivity index (χ1v) is 16.4. The highest BCUT2D eigenvalue weighted by molar-refractivity contribution is 7.80. The van der Waals surface area contributed by atoms with E-state index in [1.54, 1.807) is 0 Å². The van der Waals surface area contributed by atoms with Crippen LogP contribution in [0, 0.1) is 40.1 Å². The van der Waals surface area contributed by atoms with E-state index in [2.05, 4.69) is 168 Å². The fourth-order valence-electron chi connectivity index (χ4n) is 3.82. The molecule has 0 atom stereocenters. The summed E-state index contributed by atoms with van der Waals surface area (Å²) >= 11 is 0.